The van der Waals surface area contributed by atoms with Crippen molar-refractivity contribution in [1.29, 1.82) is 0 Å². The number of halogens is 1. The smallest absolute Gasteiger partial charge is 0.0702 e. The van der Waals surface area contributed by atoms with E-state index in [-0.39, 0.29) is 0 Å². The van der Waals surface area contributed by atoms with Crippen LogP contribution in [-0.4, -0.2) is 4.98 Å². The number of benzene rings is 2. The van der Waals surface area contributed by atoms with Crippen LogP contribution in [0.1, 0.15) is 11.1 Å². The molecule has 0 fully saturated rings. The lowest BCUT2D eigenvalue weighted by Gasteiger charge is -2.00. The van der Waals surface area contributed by atoms with Crippen molar-refractivity contribution in [3.8, 4) is 0 Å². The summed E-state index contributed by atoms with van der Waals surface area (Å²) in [4.78, 5) is 4.48. The second-order valence-corrected chi connectivity index (χ2v) is 5.61. The summed E-state index contributed by atoms with van der Waals surface area (Å²) in [5, 5.41) is 1.20. The van der Waals surface area contributed by atoms with E-state index in [0.717, 1.165) is 16.4 Å². The maximum atomic E-state index is 4.48. The summed E-state index contributed by atoms with van der Waals surface area (Å²) in [5.74, 6) is 0. The van der Waals surface area contributed by atoms with E-state index >= 15 is 0 Å². The minimum Gasteiger partial charge on any atom is -0.256 e. The van der Waals surface area contributed by atoms with Gasteiger partial charge >= 0.3 is 0 Å². The average molecular weight is 324 g/mol. The summed E-state index contributed by atoms with van der Waals surface area (Å²) in [7, 11) is 0. The number of pyridine rings is 1. The number of fused-ring (bicyclic) bond motifs is 1. The number of hydrogen-bond donors (Lipinski definition) is 0. The van der Waals surface area contributed by atoms with Crippen LogP contribution in [0.2, 0.25) is 0 Å². The summed E-state index contributed by atoms with van der Waals surface area (Å²) in [6.07, 6.45) is 7.17. The molecule has 98 valence electrons. The molecule has 2 aromatic carbocycles. The van der Waals surface area contributed by atoms with Crippen LogP contribution < -0.4 is 0 Å². The first-order valence-electron chi connectivity index (χ1n) is 6.57. The van der Waals surface area contributed by atoms with E-state index in [9.17, 15) is 0 Å². The van der Waals surface area contributed by atoms with Gasteiger partial charge in [0.1, 0.15) is 0 Å². The Balaban J connectivity index is 1.74. The molecule has 0 atom stereocenters. The first kappa shape index (κ1) is 13.1. The average Bonchev–Trinajstić information content (AvgIpc) is 2.49. The summed E-state index contributed by atoms with van der Waals surface area (Å²) < 4.78 is 1.10. The molecule has 0 radical (unpaired) electrons. The van der Waals surface area contributed by atoms with Crippen molar-refractivity contribution in [3.05, 3.63) is 82.5 Å². The predicted molar refractivity (Wildman–Crippen MR) is 88.6 cm³/mol. The minimum absolute atomic E-state index is 0.897. The fraction of sp³-hybridized carbons (Fsp3) is 0.0556. The van der Waals surface area contributed by atoms with Gasteiger partial charge < -0.3 is 0 Å². The number of rotatable bonds is 3. The molecule has 1 nitrogen and oxygen atoms in total. The maximum absolute atomic E-state index is 4.48. The van der Waals surface area contributed by atoms with E-state index < -0.39 is 0 Å². The van der Waals surface area contributed by atoms with Crippen LogP contribution in [0.3, 0.4) is 0 Å². The number of aromatic nitrogens is 1. The van der Waals surface area contributed by atoms with Gasteiger partial charge in [0.2, 0.25) is 0 Å². The van der Waals surface area contributed by atoms with E-state index in [1.54, 1.807) is 0 Å². The molecule has 0 amide bonds. The van der Waals surface area contributed by atoms with Crippen molar-refractivity contribution in [2.24, 2.45) is 0 Å². The topological polar surface area (TPSA) is 12.9 Å². The molecule has 0 bridgehead atoms. The molecule has 1 heterocycles. The fourth-order valence-corrected chi connectivity index (χ4v) is 2.40. The normalized spacial score (nSPS) is 11.2. The van der Waals surface area contributed by atoms with Crippen molar-refractivity contribution in [2.75, 3.05) is 0 Å². The molecular weight excluding hydrogens is 310 g/mol. The third-order valence-corrected chi connectivity index (χ3v) is 3.71. The van der Waals surface area contributed by atoms with E-state index in [4.69, 9.17) is 0 Å². The minimum atomic E-state index is 0.897. The second kappa shape index (κ2) is 6.02. The molecular formula is C18H14BrN. The quantitative estimate of drug-likeness (QED) is 0.641. The van der Waals surface area contributed by atoms with Gasteiger partial charge in [0, 0.05) is 16.1 Å². The lowest BCUT2D eigenvalue weighted by Crippen LogP contribution is -1.85. The molecule has 1 aromatic heterocycles. The lowest BCUT2D eigenvalue weighted by molar-refractivity contribution is 1.23. The Morgan fingerprint density at radius 2 is 1.80 bits per heavy atom. The zero-order chi connectivity index (χ0) is 13.8. The number of nitrogens with zero attached hydrogens (tertiary/aromatic N) is 1. The van der Waals surface area contributed by atoms with Crippen LogP contribution in [0, 0.1) is 0 Å². The van der Waals surface area contributed by atoms with Crippen LogP contribution in [0.15, 0.2) is 71.3 Å². The van der Waals surface area contributed by atoms with Crippen LogP contribution in [0.25, 0.3) is 17.0 Å². The highest BCUT2D eigenvalue weighted by Crippen LogP contribution is 2.14. The van der Waals surface area contributed by atoms with Crippen molar-refractivity contribution in [1.82, 2.24) is 4.98 Å². The number of para-hydroxylation sites is 1. The second-order valence-electron chi connectivity index (χ2n) is 4.69. The van der Waals surface area contributed by atoms with Gasteiger partial charge in [-0.1, -0.05) is 58.4 Å². The third kappa shape index (κ3) is 3.14. The molecule has 3 aromatic rings. The van der Waals surface area contributed by atoms with E-state index in [1.165, 1.54) is 16.5 Å². The standard InChI is InChI=1S/C18H14BrN/c19-17-10-8-14(9-11-17)4-3-5-15-12-16-6-1-2-7-18(16)20-13-15/h1-4,6-13H,5H2/b4-3+. The summed E-state index contributed by atoms with van der Waals surface area (Å²) in [5.41, 5.74) is 3.49. The molecule has 20 heavy (non-hydrogen) atoms. The van der Waals surface area contributed by atoms with Crippen LogP contribution in [-0.2, 0) is 6.42 Å². The molecule has 0 N–H and O–H groups in total. The largest absolute Gasteiger partial charge is 0.256 e. The van der Waals surface area contributed by atoms with E-state index in [0.29, 0.717) is 0 Å². The van der Waals surface area contributed by atoms with Gasteiger partial charge in [0.05, 0.1) is 5.52 Å². The van der Waals surface area contributed by atoms with Crippen LogP contribution in [0.4, 0.5) is 0 Å². The zero-order valence-corrected chi connectivity index (χ0v) is 12.5. The van der Waals surface area contributed by atoms with Gasteiger partial charge in [0.15, 0.2) is 0 Å². The molecule has 0 aliphatic rings. The molecule has 0 aliphatic carbocycles. The predicted octanol–water partition coefficient (Wildman–Crippen LogP) is 5.25. The Kier molecular flexibility index (Phi) is 3.93. The molecule has 0 saturated heterocycles. The molecule has 0 spiro atoms. The summed E-state index contributed by atoms with van der Waals surface area (Å²) >= 11 is 3.44. The third-order valence-electron chi connectivity index (χ3n) is 3.18. The molecule has 0 saturated carbocycles. The summed E-state index contributed by atoms with van der Waals surface area (Å²) in [6.45, 7) is 0. The molecule has 2 heteroatoms. The van der Waals surface area contributed by atoms with Gasteiger partial charge in [0.25, 0.3) is 0 Å². The SMILES string of the molecule is Brc1ccc(/C=C/Cc2cnc3ccccc3c2)cc1. The van der Waals surface area contributed by atoms with Crippen molar-refractivity contribution < 1.29 is 0 Å². The Morgan fingerprint density at radius 3 is 2.65 bits per heavy atom. The molecule has 3 rings (SSSR count). The highest BCUT2D eigenvalue weighted by atomic mass is 79.9. The Labute approximate surface area is 127 Å². The monoisotopic (exact) mass is 323 g/mol. The highest BCUT2D eigenvalue weighted by Gasteiger charge is 1.95. The number of hydrogen-bond acceptors (Lipinski definition) is 1. The molecule has 0 unspecified atom stereocenters. The Bertz CT molecular complexity index is 745. The first-order chi connectivity index (χ1) is 9.81. The van der Waals surface area contributed by atoms with E-state index in [1.807, 2.05) is 24.4 Å². The first-order valence-corrected chi connectivity index (χ1v) is 7.36. The van der Waals surface area contributed by atoms with Crippen molar-refractivity contribution in [3.63, 3.8) is 0 Å². The van der Waals surface area contributed by atoms with Gasteiger partial charge in [-0.25, -0.2) is 0 Å². The van der Waals surface area contributed by atoms with Gasteiger partial charge in [-0.05, 0) is 41.8 Å². The van der Waals surface area contributed by atoms with Crippen LogP contribution >= 0.6 is 15.9 Å². The Morgan fingerprint density at radius 1 is 1.00 bits per heavy atom. The van der Waals surface area contributed by atoms with Crippen molar-refractivity contribution in [2.45, 2.75) is 6.42 Å². The maximum Gasteiger partial charge on any atom is 0.0702 e. The fourth-order valence-electron chi connectivity index (χ4n) is 2.13. The highest BCUT2D eigenvalue weighted by molar-refractivity contribution is 9.10. The van der Waals surface area contributed by atoms with Gasteiger partial charge in [-0.15, -0.1) is 0 Å². The van der Waals surface area contributed by atoms with Crippen LogP contribution in [0.5, 0.6) is 0 Å². The lowest BCUT2D eigenvalue weighted by atomic mass is 10.1. The molecule has 0 aliphatic heterocycles. The summed E-state index contributed by atoms with van der Waals surface area (Å²) in [6, 6.07) is 18.7. The zero-order valence-electron chi connectivity index (χ0n) is 11.0. The van der Waals surface area contributed by atoms with Crippen molar-refractivity contribution >= 4 is 32.9 Å². The Hall–Kier alpha value is -1.93. The van der Waals surface area contributed by atoms with Gasteiger partial charge in [-0.3, -0.25) is 4.98 Å². The van der Waals surface area contributed by atoms with Gasteiger partial charge in [-0.2, -0.15) is 0 Å². The van der Waals surface area contributed by atoms with E-state index in [2.05, 4.69) is 69.5 Å². The number of allylic oxidation sites excluding steroid dienone is 1.